The summed E-state index contributed by atoms with van der Waals surface area (Å²) >= 11 is 0. The zero-order chi connectivity index (χ0) is 34.6. The molecule has 4 nitrogen and oxygen atoms in total. The van der Waals surface area contributed by atoms with Crippen LogP contribution < -0.4 is 0 Å². The lowest BCUT2D eigenvalue weighted by Gasteiger charge is -2.15. The van der Waals surface area contributed by atoms with Crippen LogP contribution in [0.25, 0.3) is 94.1 Å². The van der Waals surface area contributed by atoms with E-state index < -0.39 is 0 Å². The van der Waals surface area contributed by atoms with Gasteiger partial charge in [-0.05, 0) is 99.8 Å². The van der Waals surface area contributed by atoms with Crippen molar-refractivity contribution in [2.45, 2.75) is 6.92 Å². The van der Waals surface area contributed by atoms with Crippen LogP contribution in [0.15, 0.2) is 176 Å². The van der Waals surface area contributed by atoms with Crippen molar-refractivity contribution in [3.8, 4) is 50.7 Å². The summed E-state index contributed by atoms with van der Waals surface area (Å²) < 4.78 is 2.32. The molecule has 0 atom stereocenters. The van der Waals surface area contributed by atoms with Gasteiger partial charge < -0.3 is 4.57 Å². The Kier molecular flexibility index (Phi) is 7.00. The van der Waals surface area contributed by atoms with Crippen LogP contribution in [0.4, 0.5) is 0 Å². The minimum Gasteiger partial charge on any atom is -0.308 e. The van der Waals surface area contributed by atoms with Crippen molar-refractivity contribution < 1.29 is 0 Å². The third kappa shape index (κ3) is 4.96. The van der Waals surface area contributed by atoms with Crippen LogP contribution in [0.2, 0.25) is 0 Å². The summed E-state index contributed by atoms with van der Waals surface area (Å²) in [6.45, 7) is 2.11. The maximum atomic E-state index is 5.36. The molecule has 10 aromatic rings. The normalized spacial score (nSPS) is 11.6. The van der Waals surface area contributed by atoms with E-state index in [0.717, 1.165) is 67.3 Å². The summed E-state index contributed by atoms with van der Waals surface area (Å²) in [4.78, 5) is 15.2. The highest BCUT2D eigenvalue weighted by Crippen LogP contribution is 2.38. The molecule has 0 bridgehead atoms. The molecule has 0 N–H and O–H groups in total. The molecular weight excluding hydrogens is 633 g/mol. The Hall–Kier alpha value is -6.91. The van der Waals surface area contributed by atoms with Gasteiger partial charge in [0.15, 0.2) is 0 Å². The first kappa shape index (κ1) is 30.0. The number of pyridine rings is 3. The molecule has 0 aliphatic carbocycles. The fourth-order valence-electron chi connectivity index (χ4n) is 7.71. The van der Waals surface area contributed by atoms with Gasteiger partial charge in [-0.3, -0.25) is 4.98 Å². The first-order valence-corrected chi connectivity index (χ1v) is 17.6. The number of aromatic nitrogens is 4. The van der Waals surface area contributed by atoms with E-state index in [0.29, 0.717) is 0 Å². The molecule has 10 rings (SSSR count). The highest BCUT2D eigenvalue weighted by molar-refractivity contribution is 6.13. The molecule has 0 spiro atoms. The van der Waals surface area contributed by atoms with Gasteiger partial charge >= 0.3 is 0 Å². The van der Waals surface area contributed by atoms with Crippen LogP contribution in [0.1, 0.15) is 5.56 Å². The van der Waals surface area contributed by atoms with E-state index in [-0.39, 0.29) is 0 Å². The average molecular weight is 665 g/mol. The zero-order valence-corrected chi connectivity index (χ0v) is 28.5. The molecule has 4 heterocycles. The Morgan fingerprint density at radius 3 is 2.04 bits per heavy atom. The largest absolute Gasteiger partial charge is 0.308 e. The third-order valence-electron chi connectivity index (χ3n) is 10.2. The summed E-state index contributed by atoms with van der Waals surface area (Å²) in [7, 11) is 0. The number of nitrogens with zero attached hydrogens (tertiary/aromatic N) is 4. The number of fused-ring (bicyclic) bond motifs is 6. The van der Waals surface area contributed by atoms with Crippen LogP contribution in [0.5, 0.6) is 0 Å². The minimum atomic E-state index is 0.849. The second-order valence-corrected chi connectivity index (χ2v) is 13.3. The Morgan fingerprint density at radius 1 is 0.442 bits per heavy atom. The van der Waals surface area contributed by atoms with Crippen LogP contribution in [-0.4, -0.2) is 19.5 Å². The van der Waals surface area contributed by atoms with E-state index in [2.05, 4.69) is 180 Å². The Balaban J connectivity index is 1.15. The molecule has 4 heteroatoms. The Morgan fingerprint density at radius 2 is 1.15 bits per heavy atom. The summed E-state index contributed by atoms with van der Waals surface area (Å²) in [6, 6.07) is 58.0. The molecular formula is C48H32N4. The predicted octanol–water partition coefficient (Wildman–Crippen LogP) is 12.3. The van der Waals surface area contributed by atoms with Gasteiger partial charge in [-0.2, -0.15) is 0 Å². The SMILES string of the molecule is Cc1ccc(-c2cc(-c3ccccc3)cc(-n3c4ccccc4c4ccncc43)c2)nc1-c1cccc(-c2cc3ccccc3c3ccccc23)n1. The molecule has 0 aliphatic rings. The van der Waals surface area contributed by atoms with Crippen molar-refractivity contribution in [2.24, 2.45) is 0 Å². The lowest BCUT2D eigenvalue weighted by molar-refractivity contribution is 1.16. The molecule has 0 aliphatic heterocycles. The van der Waals surface area contributed by atoms with Gasteiger partial charge in [-0.15, -0.1) is 0 Å². The quantitative estimate of drug-likeness (QED) is 0.172. The van der Waals surface area contributed by atoms with Crippen molar-refractivity contribution >= 4 is 43.4 Å². The average Bonchev–Trinajstić information content (AvgIpc) is 3.55. The van der Waals surface area contributed by atoms with Crippen LogP contribution in [-0.2, 0) is 0 Å². The fourth-order valence-corrected chi connectivity index (χ4v) is 7.71. The molecule has 0 fully saturated rings. The Bertz CT molecular complexity index is 2920. The van der Waals surface area contributed by atoms with Crippen LogP contribution in [0.3, 0.4) is 0 Å². The molecule has 0 unspecified atom stereocenters. The number of hydrogen-bond acceptors (Lipinski definition) is 3. The van der Waals surface area contributed by atoms with Gasteiger partial charge in [0.2, 0.25) is 0 Å². The van der Waals surface area contributed by atoms with Gasteiger partial charge in [0.05, 0.1) is 40.0 Å². The van der Waals surface area contributed by atoms with E-state index in [1.54, 1.807) is 0 Å². The number of para-hydroxylation sites is 1. The van der Waals surface area contributed by atoms with Crippen molar-refractivity contribution in [2.75, 3.05) is 0 Å². The summed E-state index contributed by atoms with van der Waals surface area (Å²) in [6.07, 6.45) is 3.83. The van der Waals surface area contributed by atoms with Crippen molar-refractivity contribution in [3.63, 3.8) is 0 Å². The van der Waals surface area contributed by atoms with E-state index in [4.69, 9.17) is 9.97 Å². The second-order valence-electron chi connectivity index (χ2n) is 13.3. The molecule has 0 saturated heterocycles. The van der Waals surface area contributed by atoms with Gasteiger partial charge in [-0.1, -0.05) is 109 Å². The number of rotatable bonds is 5. The Labute approximate surface area is 301 Å². The maximum absolute atomic E-state index is 5.36. The highest BCUT2D eigenvalue weighted by Gasteiger charge is 2.17. The highest BCUT2D eigenvalue weighted by atomic mass is 15.0. The summed E-state index contributed by atoms with van der Waals surface area (Å²) in [5, 5.41) is 7.25. The molecule has 4 aromatic heterocycles. The maximum Gasteiger partial charge on any atom is 0.0923 e. The molecule has 244 valence electrons. The first-order chi connectivity index (χ1) is 25.7. The van der Waals surface area contributed by atoms with Gasteiger partial charge in [0.1, 0.15) is 0 Å². The number of hydrogen-bond donors (Lipinski definition) is 0. The summed E-state index contributed by atoms with van der Waals surface area (Å²) in [5.41, 5.74) is 12.3. The van der Waals surface area contributed by atoms with Gasteiger partial charge in [0.25, 0.3) is 0 Å². The predicted molar refractivity (Wildman–Crippen MR) is 216 cm³/mol. The molecule has 52 heavy (non-hydrogen) atoms. The molecule has 0 radical (unpaired) electrons. The van der Waals surface area contributed by atoms with Crippen molar-refractivity contribution in [1.82, 2.24) is 19.5 Å². The lowest BCUT2D eigenvalue weighted by atomic mass is 9.95. The van der Waals surface area contributed by atoms with Gasteiger partial charge in [0, 0.05) is 33.8 Å². The van der Waals surface area contributed by atoms with Crippen LogP contribution >= 0.6 is 0 Å². The van der Waals surface area contributed by atoms with E-state index in [1.165, 1.54) is 32.3 Å². The van der Waals surface area contributed by atoms with Crippen molar-refractivity contribution in [3.05, 3.63) is 182 Å². The summed E-state index contributed by atoms with van der Waals surface area (Å²) in [5.74, 6) is 0. The monoisotopic (exact) mass is 664 g/mol. The van der Waals surface area contributed by atoms with Crippen LogP contribution in [0, 0.1) is 6.92 Å². The fraction of sp³-hybridized carbons (Fsp3) is 0.0208. The standard InChI is InChI=1S/C48H32N4/c1-31-22-23-43(51-48(31)45-20-11-19-44(50-45)42-29-33-14-5-6-15-37(33)38-16-7-8-17-39(38)42)35-26-34(32-12-3-2-4-13-32)27-36(28-35)52-46-21-10-9-18-40(46)41-24-25-49-30-47(41)52/h2-30H,1H3. The molecule has 0 amide bonds. The number of benzene rings is 6. The van der Waals surface area contributed by atoms with Gasteiger partial charge in [-0.25, -0.2) is 9.97 Å². The van der Waals surface area contributed by atoms with E-state index in [1.807, 2.05) is 12.4 Å². The van der Waals surface area contributed by atoms with E-state index >= 15 is 0 Å². The molecule has 6 aromatic carbocycles. The number of aryl methyl sites for hydroxylation is 1. The topological polar surface area (TPSA) is 43.6 Å². The smallest absolute Gasteiger partial charge is 0.0923 e. The van der Waals surface area contributed by atoms with Crippen molar-refractivity contribution in [1.29, 1.82) is 0 Å². The third-order valence-corrected chi connectivity index (χ3v) is 10.2. The first-order valence-electron chi connectivity index (χ1n) is 17.6. The lowest BCUT2D eigenvalue weighted by Crippen LogP contribution is -1.98. The van der Waals surface area contributed by atoms with E-state index in [9.17, 15) is 0 Å². The molecule has 0 saturated carbocycles. The minimum absolute atomic E-state index is 0.849. The zero-order valence-electron chi connectivity index (χ0n) is 28.5. The second kappa shape index (κ2) is 12.1.